The van der Waals surface area contributed by atoms with Gasteiger partial charge in [0.2, 0.25) is 5.95 Å². The van der Waals surface area contributed by atoms with Crippen molar-refractivity contribution in [2.24, 2.45) is 0 Å². The lowest BCUT2D eigenvalue weighted by Gasteiger charge is -2.15. The smallest absolute Gasteiger partial charge is 0.244 e. The van der Waals surface area contributed by atoms with Crippen LogP contribution in [0, 0.1) is 0 Å². The number of rotatable bonds is 8. The van der Waals surface area contributed by atoms with Crippen molar-refractivity contribution in [2.75, 3.05) is 17.2 Å². The van der Waals surface area contributed by atoms with E-state index in [4.69, 9.17) is 0 Å². The Kier molecular flexibility index (Phi) is 5.70. The summed E-state index contributed by atoms with van der Waals surface area (Å²) in [5.41, 5.74) is 6.11. The quantitative estimate of drug-likeness (QED) is 0.402. The van der Waals surface area contributed by atoms with E-state index in [1.54, 1.807) is 6.20 Å². The molecule has 0 aliphatic rings. The molecule has 2 aromatic carbocycles. The normalized spacial score (nSPS) is 11.0. The van der Waals surface area contributed by atoms with E-state index in [9.17, 15) is 0 Å². The van der Waals surface area contributed by atoms with Crippen molar-refractivity contribution in [2.45, 2.75) is 33.1 Å². The van der Waals surface area contributed by atoms with Gasteiger partial charge in [0.05, 0.1) is 6.20 Å². The average Bonchev–Trinajstić information content (AvgIpc) is 3.17. The lowest BCUT2D eigenvalue weighted by atomic mass is 10.0. The molecule has 4 aromatic rings. The van der Waals surface area contributed by atoms with Crippen LogP contribution in [0.5, 0.6) is 0 Å². The minimum absolute atomic E-state index is 0.530. The molecule has 0 bridgehead atoms. The first-order chi connectivity index (χ1) is 14.3. The molecule has 0 atom stereocenters. The number of para-hydroxylation sites is 2. The molecule has 0 fully saturated rings. The molecule has 4 rings (SSSR count). The van der Waals surface area contributed by atoms with E-state index in [1.807, 2.05) is 6.07 Å². The lowest BCUT2D eigenvalue weighted by molar-refractivity contribution is 0.930. The first-order valence-electron chi connectivity index (χ1n) is 10.1. The van der Waals surface area contributed by atoms with E-state index in [2.05, 4.69) is 87.2 Å². The van der Waals surface area contributed by atoms with Gasteiger partial charge in [0, 0.05) is 29.3 Å². The lowest BCUT2D eigenvalue weighted by Crippen LogP contribution is -2.10. The largest absolute Gasteiger partial charge is 0.361 e. The molecule has 3 N–H and O–H groups in total. The zero-order valence-electron chi connectivity index (χ0n) is 16.9. The van der Waals surface area contributed by atoms with Crippen LogP contribution in [0.3, 0.4) is 0 Å². The molecular formula is C23H26N6. The molecule has 2 aromatic heterocycles. The predicted octanol–water partition coefficient (Wildman–Crippen LogP) is 4.88. The van der Waals surface area contributed by atoms with Crippen LogP contribution >= 0.6 is 0 Å². The molecule has 0 radical (unpaired) electrons. The number of hydrogen-bond acceptors (Lipinski definition) is 5. The molecule has 6 heteroatoms. The third-order valence-electron chi connectivity index (χ3n) is 5.16. The predicted molar refractivity (Wildman–Crippen MR) is 119 cm³/mol. The van der Waals surface area contributed by atoms with E-state index in [0.29, 0.717) is 11.8 Å². The fraction of sp³-hybridized carbons (Fsp3) is 0.261. The summed E-state index contributed by atoms with van der Waals surface area (Å²) in [6.07, 6.45) is 6.53. The molecule has 0 spiro atoms. The maximum Gasteiger partial charge on any atom is 0.244 e. The highest BCUT2D eigenvalue weighted by molar-refractivity contribution is 5.83. The van der Waals surface area contributed by atoms with Crippen molar-refractivity contribution in [3.8, 4) is 0 Å². The topological polar surface area (TPSA) is 78.5 Å². The van der Waals surface area contributed by atoms with Crippen LogP contribution in [0.1, 0.15) is 30.5 Å². The second-order valence-corrected chi connectivity index (χ2v) is 6.98. The van der Waals surface area contributed by atoms with E-state index in [-0.39, 0.29) is 0 Å². The summed E-state index contributed by atoms with van der Waals surface area (Å²) in [6, 6.07) is 14.7. The molecule has 2 heterocycles. The molecule has 0 saturated heterocycles. The highest BCUT2D eigenvalue weighted by atomic mass is 15.3. The highest BCUT2D eigenvalue weighted by Gasteiger charge is 2.09. The monoisotopic (exact) mass is 386 g/mol. The Morgan fingerprint density at radius 2 is 1.72 bits per heavy atom. The fourth-order valence-electron chi connectivity index (χ4n) is 3.62. The number of benzene rings is 2. The summed E-state index contributed by atoms with van der Waals surface area (Å²) in [7, 11) is 0. The molecule has 148 valence electrons. The van der Waals surface area contributed by atoms with Crippen molar-refractivity contribution in [1.29, 1.82) is 0 Å². The molecule has 29 heavy (non-hydrogen) atoms. The number of aryl methyl sites for hydroxylation is 2. The van der Waals surface area contributed by atoms with Gasteiger partial charge in [-0.1, -0.05) is 50.2 Å². The SMILES string of the molecule is CCc1cccc(CC)c1Nc1cnnc(NCCc2c[nH]c3ccccc23)n1. The Morgan fingerprint density at radius 3 is 2.52 bits per heavy atom. The summed E-state index contributed by atoms with van der Waals surface area (Å²) < 4.78 is 0. The van der Waals surface area contributed by atoms with E-state index in [0.717, 1.165) is 37.0 Å². The van der Waals surface area contributed by atoms with E-state index >= 15 is 0 Å². The molecule has 0 unspecified atom stereocenters. The minimum Gasteiger partial charge on any atom is -0.361 e. The van der Waals surface area contributed by atoms with Crippen LogP contribution in [-0.2, 0) is 19.3 Å². The zero-order valence-corrected chi connectivity index (χ0v) is 16.9. The Morgan fingerprint density at radius 1 is 0.931 bits per heavy atom. The number of aromatic amines is 1. The number of H-pyrrole nitrogens is 1. The Hall–Kier alpha value is -3.41. The van der Waals surface area contributed by atoms with E-state index in [1.165, 1.54) is 22.1 Å². The van der Waals surface area contributed by atoms with Crippen molar-refractivity contribution in [3.05, 3.63) is 71.5 Å². The molecule has 6 nitrogen and oxygen atoms in total. The Labute approximate surface area is 170 Å². The molecule has 0 saturated carbocycles. The van der Waals surface area contributed by atoms with Crippen LogP contribution in [0.15, 0.2) is 54.9 Å². The molecular weight excluding hydrogens is 360 g/mol. The zero-order chi connectivity index (χ0) is 20.1. The van der Waals surface area contributed by atoms with Crippen molar-refractivity contribution in [3.63, 3.8) is 0 Å². The van der Waals surface area contributed by atoms with Gasteiger partial charge in [0.15, 0.2) is 5.82 Å². The van der Waals surface area contributed by atoms with Crippen LogP contribution in [0.4, 0.5) is 17.5 Å². The number of nitrogens with zero attached hydrogens (tertiary/aromatic N) is 3. The minimum atomic E-state index is 0.530. The Bertz CT molecular complexity index is 1080. The number of aromatic nitrogens is 4. The third-order valence-corrected chi connectivity index (χ3v) is 5.16. The number of hydrogen-bond donors (Lipinski definition) is 3. The summed E-state index contributed by atoms with van der Waals surface area (Å²) in [4.78, 5) is 7.91. The molecule has 0 amide bonds. The molecule has 0 aliphatic carbocycles. The second kappa shape index (κ2) is 8.73. The maximum atomic E-state index is 4.60. The van der Waals surface area contributed by atoms with Crippen LogP contribution < -0.4 is 10.6 Å². The van der Waals surface area contributed by atoms with Gasteiger partial charge in [-0.05, 0) is 42.0 Å². The van der Waals surface area contributed by atoms with Gasteiger partial charge < -0.3 is 15.6 Å². The standard InChI is InChI=1S/C23H26N6/c1-3-16-8-7-9-17(4-2)22(16)27-21-15-26-29-23(28-21)24-13-12-18-14-25-20-11-6-5-10-19(18)20/h5-11,14-15,25H,3-4,12-13H2,1-2H3,(H2,24,27,28,29). The van der Waals surface area contributed by atoms with Crippen LogP contribution in [0.25, 0.3) is 10.9 Å². The van der Waals surface area contributed by atoms with Gasteiger partial charge in [-0.15, -0.1) is 5.10 Å². The molecule has 0 aliphatic heterocycles. The summed E-state index contributed by atoms with van der Waals surface area (Å²) in [6.45, 7) is 5.06. The fourth-order valence-corrected chi connectivity index (χ4v) is 3.62. The first-order valence-corrected chi connectivity index (χ1v) is 10.1. The number of fused-ring (bicyclic) bond motifs is 1. The second-order valence-electron chi connectivity index (χ2n) is 6.98. The highest BCUT2D eigenvalue weighted by Crippen LogP contribution is 2.25. The van der Waals surface area contributed by atoms with Crippen molar-refractivity contribution in [1.82, 2.24) is 20.2 Å². The van der Waals surface area contributed by atoms with Gasteiger partial charge in [0.1, 0.15) is 0 Å². The number of anilines is 3. The average molecular weight is 387 g/mol. The van der Waals surface area contributed by atoms with Crippen molar-refractivity contribution >= 4 is 28.4 Å². The van der Waals surface area contributed by atoms with Gasteiger partial charge in [-0.3, -0.25) is 0 Å². The van der Waals surface area contributed by atoms with Crippen LogP contribution in [-0.4, -0.2) is 26.7 Å². The van der Waals surface area contributed by atoms with Gasteiger partial charge in [0.25, 0.3) is 0 Å². The van der Waals surface area contributed by atoms with Gasteiger partial charge in [-0.2, -0.15) is 10.1 Å². The van der Waals surface area contributed by atoms with Gasteiger partial charge >= 0.3 is 0 Å². The van der Waals surface area contributed by atoms with E-state index < -0.39 is 0 Å². The Balaban J connectivity index is 1.44. The number of nitrogens with one attached hydrogen (secondary N) is 3. The third kappa shape index (κ3) is 4.21. The summed E-state index contributed by atoms with van der Waals surface area (Å²) in [5, 5.41) is 16.2. The first kappa shape index (κ1) is 18.9. The van der Waals surface area contributed by atoms with Crippen molar-refractivity contribution < 1.29 is 0 Å². The van der Waals surface area contributed by atoms with Gasteiger partial charge in [-0.25, -0.2) is 0 Å². The summed E-state index contributed by atoms with van der Waals surface area (Å²) in [5.74, 6) is 1.23. The van der Waals surface area contributed by atoms with Crippen LogP contribution in [0.2, 0.25) is 0 Å². The summed E-state index contributed by atoms with van der Waals surface area (Å²) >= 11 is 0. The maximum absolute atomic E-state index is 4.60.